The molecule has 0 aromatic carbocycles. The average Bonchev–Trinajstić information content (AvgIpc) is 2.80. The van der Waals surface area contributed by atoms with Gasteiger partial charge in [-0.05, 0) is 40.7 Å². The smallest absolute Gasteiger partial charge is 0.253 e. The normalized spacial score (nSPS) is 18.6. The van der Waals surface area contributed by atoms with E-state index in [0.29, 0.717) is 31.4 Å². The van der Waals surface area contributed by atoms with Gasteiger partial charge in [0.15, 0.2) is 0 Å². The molecule has 2 rings (SSSR count). The molecule has 6 nitrogen and oxygen atoms in total. The van der Waals surface area contributed by atoms with E-state index in [0.717, 1.165) is 24.5 Å². The van der Waals surface area contributed by atoms with Crippen LogP contribution in [-0.4, -0.2) is 65.5 Å². The number of aliphatic hydroxyl groups is 1. The molecule has 1 aromatic heterocycles. The van der Waals surface area contributed by atoms with Crippen molar-refractivity contribution < 1.29 is 14.6 Å². The predicted octanol–water partition coefficient (Wildman–Crippen LogP) is 1.50. The number of carbonyl (C=O) groups excluding carboxylic acids is 1. The SMILES string of the molecule is Cc1cc(C(=O)NCC(C)(O)CN2CCOCC2)c(C)n1C(C)C. The quantitative estimate of drug-likeness (QED) is 0.825. The second kappa shape index (κ2) is 7.68. The summed E-state index contributed by atoms with van der Waals surface area (Å²) in [6.45, 7) is 13.7. The maximum Gasteiger partial charge on any atom is 0.253 e. The van der Waals surface area contributed by atoms with Crippen molar-refractivity contribution in [3.8, 4) is 0 Å². The third-order valence-corrected chi connectivity index (χ3v) is 4.54. The molecule has 1 aliphatic heterocycles. The Morgan fingerprint density at radius 2 is 2.00 bits per heavy atom. The number of amides is 1. The van der Waals surface area contributed by atoms with E-state index >= 15 is 0 Å². The fourth-order valence-electron chi connectivity index (χ4n) is 3.46. The van der Waals surface area contributed by atoms with Crippen molar-refractivity contribution >= 4 is 5.91 Å². The van der Waals surface area contributed by atoms with Crippen LogP contribution in [0.3, 0.4) is 0 Å². The summed E-state index contributed by atoms with van der Waals surface area (Å²) in [6, 6.07) is 2.23. The summed E-state index contributed by atoms with van der Waals surface area (Å²) in [7, 11) is 0. The van der Waals surface area contributed by atoms with Crippen LogP contribution in [0.15, 0.2) is 6.07 Å². The molecule has 0 bridgehead atoms. The molecule has 2 N–H and O–H groups in total. The first kappa shape index (κ1) is 19.0. The van der Waals surface area contributed by atoms with Gasteiger partial charge in [-0.25, -0.2) is 0 Å². The molecule has 24 heavy (non-hydrogen) atoms. The fraction of sp³-hybridized carbons (Fsp3) is 0.722. The molecule has 1 fully saturated rings. The third kappa shape index (κ3) is 4.59. The van der Waals surface area contributed by atoms with Crippen molar-refractivity contribution in [3.05, 3.63) is 23.0 Å². The first-order chi connectivity index (χ1) is 11.2. The molecule has 1 atom stereocenters. The average molecular weight is 337 g/mol. The first-order valence-electron chi connectivity index (χ1n) is 8.70. The van der Waals surface area contributed by atoms with Gasteiger partial charge >= 0.3 is 0 Å². The molecular weight excluding hydrogens is 306 g/mol. The number of ether oxygens (including phenoxy) is 1. The van der Waals surface area contributed by atoms with Crippen LogP contribution in [0.2, 0.25) is 0 Å². The lowest BCUT2D eigenvalue weighted by Gasteiger charge is -2.33. The number of morpholine rings is 1. The van der Waals surface area contributed by atoms with E-state index in [2.05, 4.69) is 28.6 Å². The molecular formula is C18H31N3O3. The van der Waals surface area contributed by atoms with Crippen molar-refractivity contribution in [2.24, 2.45) is 0 Å². The highest BCUT2D eigenvalue weighted by Crippen LogP contribution is 2.20. The second-order valence-corrected chi connectivity index (χ2v) is 7.32. The Hall–Kier alpha value is -1.37. The van der Waals surface area contributed by atoms with Gasteiger partial charge in [-0.15, -0.1) is 0 Å². The van der Waals surface area contributed by atoms with Crippen molar-refractivity contribution in [2.45, 2.75) is 46.3 Å². The molecule has 136 valence electrons. The van der Waals surface area contributed by atoms with Gasteiger partial charge in [-0.1, -0.05) is 0 Å². The number of hydrogen-bond acceptors (Lipinski definition) is 4. The Morgan fingerprint density at radius 3 is 2.54 bits per heavy atom. The van der Waals surface area contributed by atoms with Crippen molar-refractivity contribution in [2.75, 3.05) is 39.4 Å². The van der Waals surface area contributed by atoms with E-state index in [-0.39, 0.29) is 12.5 Å². The molecule has 1 unspecified atom stereocenters. The highest BCUT2D eigenvalue weighted by molar-refractivity contribution is 5.95. The number of hydrogen-bond donors (Lipinski definition) is 2. The third-order valence-electron chi connectivity index (χ3n) is 4.54. The molecule has 1 aliphatic rings. The number of nitrogens with zero attached hydrogens (tertiary/aromatic N) is 2. The van der Waals surface area contributed by atoms with Crippen molar-refractivity contribution in [1.29, 1.82) is 0 Å². The van der Waals surface area contributed by atoms with Gasteiger partial charge < -0.3 is 19.7 Å². The van der Waals surface area contributed by atoms with E-state index in [4.69, 9.17) is 4.74 Å². The van der Waals surface area contributed by atoms with E-state index in [1.54, 1.807) is 6.92 Å². The number of nitrogens with one attached hydrogen (secondary N) is 1. The minimum absolute atomic E-state index is 0.128. The van der Waals surface area contributed by atoms with Gasteiger partial charge in [-0.2, -0.15) is 0 Å². The predicted molar refractivity (Wildman–Crippen MR) is 94.5 cm³/mol. The van der Waals surface area contributed by atoms with Crippen LogP contribution in [-0.2, 0) is 4.74 Å². The van der Waals surface area contributed by atoms with E-state index in [1.807, 2.05) is 19.9 Å². The summed E-state index contributed by atoms with van der Waals surface area (Å²) in [6.07, 6.45) is 0. The van der Waals surface area contributed by atoms with Gasteiger partial charge in [-0.3, -0.25) is 9.69 Å². The van der Waals surface area contributed by atoms with Crippen LogP contribution in [0.25, 0.3) is 0 Å². The molecule has 0 aliphatic carbocycles. The molecule has 6 heteroatoms. The van der Waals surface area contributed by atoms with E-state index < -0.39 is 5.60 Å². The maximum absolute atomic E-state index is 12.5. The van der Waals surface area contributed by atoms with Crippen LogP contribution < -0.4 is 5.32 Å². The number of rotatable bonds is 6. The first-order valence-corrected chi connectivity index (χ1v) is 8.70. The highest BCUT2D eigenvalue weighted by Gasteiger charge is 2.27. The van der Waals surface area contributed by atoms with Gasteiger partial charge in [0.1, 0.15) is 0 Å². The van der Waals surface area contributed by atoms with Gasteiger partial charge in [0.05, 0.1) is 24.4 Å². The van der Waals surface area contributed by atoms with Gasteiger partial charge in [0.25, 0.3) is 5.91 Å². The summed E-state index contributed by atoms with van der Waals surface area (Å²) in [5.41, 5.74) is 1.76. The molecule has 1 aromatic rings. The monoisotopic (exact) mass is 337 g/mol. The Labute approximate surface area is 144 Å². The van der Waals surface area contributed by atoms with Crippen LogP contribution in [0.5, 0.6) is 0 Å². The molecule has 0 radical (unpaired) electrons. The Morgan fingerprint density at radius 1 is 1.38 bits per heavy atom. The van der Waals surface area contributed by atoms with Crippen LogP contribution in [0.1, 0.15) is 48.6 Å². The second-order valence-electron chi connectivity index (χ2n) is 7.32. The summed E-state index contributed by atoms with van der Waals surface area (Å²) >= 11 is 0. The zero-order valence-corrected chi connectivity index (χ0v) is 15.6. The minimum Gasteiger partial charge on any atom is -0.387 e. The van der Waals surface area contributed by atoms with Crippen molar-refractivity contribution in [1.82, 2.24) is 14.8 Å². The number of β-amino-alcohol motifs (C(OH)–C–C–N with tert-alkyl or cyclic N) is 1. The summed E-state index contributed by atoms with van der Waals surface area (Å²) in [4.78, 5) is 14.7. The number of aryl methyl sites for hydroxylation is 1. The van der Waals surface area contributed by atoms with Gasteiger partial charge in [0, 0.05) is 43.6 Å². The zero-order chi connectivity index (χ0) is 17.9. The standard InChI is InChI=1S/C18H31N3O3/c1-13(2)21-14(3)10-16(15(21)4)17(22)19-11-18(5,23)12-20-6-8-24-9-7-20/h10,13,23H,6-9,11-12H2,1-5H3,(H,19,22). The highest BCUT2D eigenvalue weighted by atomic mass is 16.5. The Kier molecular flexibility index (Phi) is 6.06. The lowest BCUT2D eigenvalue weighted by Crippen LogP contribution is -2.51. The summed E-state index contributed by atoms with van der Waals surface area (Å²) < 4.78 is 7.47. The Bertz CT molecular complexity index is 572. The minimum atomic E-state index is -0.962. The van der Waals surface area contributed by atoms with E-state index in [9.17, 15) is 9.90 Å². The van der Waals surface area contributed by atoms with Crippen molar-refractivity contribution in [3.63, 3.8) is 0 Å². The topological polar surface area (TPSA) is 66.7 Å². The Balaban J connectivity index is 1.95. The van der Waals surface area contributed by atoms with Gasteiger partial charge in [0.2, 0.25) is 0 Å². The molecule has 1 saturated heterocycles. The number of carbonyl (C=O) groups is 1. The fourth-order valence-corrected chi connectivity index (χ4v) is 3.46. The van der Waals surface area contributed by atoms with Crippen LogP contribution in [0, 0.1) is 13.8 Å². The lowest BCUT2D eigenvalue weighted by atomic mass is 10.1. The number of aromatic nitrogens is 1. The largest absolute Gasteiger partial charge is 0.387 e. The molecule has 0 saturated carbocycles. The maximum atomic E-state index is 12.5. The van der Waals surface area contributed by atoms with Crippen LogP contribution >= 0.6 is 0 Å². The lowest BCUT2D eigenvalue weighted by molar-refractivity contribution is -0.0213. The van der Waals surface area contributed by atoms with Crippen LogP contribution in [0.4, 0.5) is 0 Å². The summed E-state index contributed by atoms with van der Waals surface area (Å²) in [5, 5.41) is 13.5. The molecule has 2 heterocycles. The zero-order valence-electron chi connectivity index (χ0n) is 15.6. The molecule has 1 amide bonds. The summed E-state index contributed by atoms with van der Waals surface area (Å²) in [5.74, 6) is -0.128. The van der Waals surface area contributed by atoms with E-state index in [1.165, 1.54) is 0 Å². The molecule has 0 spiro atoms.